The zero-order chi connectivity index (χ0) is 70.1. The predicted octanol–water partition coefficient (Wildman–Crippen LogP) is 15.3. The van der Waals surface area contributed by atoms with Crippen LogP contribution in [-0.4, -0.2) is 79.3 Å². The third-order valence-electron chi connectivity index (χ3n) is 13.9. The first kappa shape index (κ1) is 76.6. The van der Waals surface area contributed by atoms with Crippen LogP contribution in [0.15, 0.2) is 207 Å². The van der Waals surface area contributed by atoms with E-state index in [4.69, 9.17) is 23.7 Å². The van der Waals surface area contributed by atoms with Gasteiger partial charge in [0, 0.05) is 75.0 Å². The number of Topliss-reactive ketones (excluding diaryl/α,β-unsaturated/α-hetero) is 4. The van der Waals surface area contributed by atoms with Crippen molar-refractivity contribution in [3.8, 4) is 28.9 Å². The quantitative estimate of drug-likeness (QED) is 0.0246. The Morgan fingerprint density at radius 1 is 0.520 bits per heavy atom. The number of methoxy groups -OCH3 is 1. The minimum absolute atomic E-state index is 0. The van der Waals surface area contributed by atoms with Crippen molar-refractivity contribution in [3.05, 3.63) is 290 Å². The molecule has 21 nitrogen and oxygen atoms in total. The average molecular weight is 1330 g/mol. The summed E-state index contributed by atoms with van der Waals surface area (Å²) < 4.78 is 27.6. The second-order valence-corrected chi connectivity index (χ2v) is 21.4. The zero-order valence-electron chi connectivity index (χ0n) is 55.4. The molecule has 2 N–H and O–H groups in total. The number of nitrogens with zero attached hydrogens (tertiary/aromatic N) is 6. The Morgan fingerprint density at radius 3 is 1.54 bits per heavy atom. The number of nitrogens with one attached hydrogen (secondary N) is 2. The van der Waals surface area contributed by atoms with Gasteiger partial charge in [-0.2, -0.15) is 0 Å². The van der Waals surface area contributed by atoms with Gasteiger partial charge >= 0.3 is 0 Å². The van der Waals surface area contributed by atoms with Gasteiger partial charge in [0.25, 0.3) is 5.69 Å². The Labute approximate surface area is 570 Å². The maximum atomic E-state index is 11.5. The monoisotopic (exact) mass is 1320 g/mol. The summed E-state index contributed by atoms with van der Waals surface area (Å²) in [5.74, 6) is 2.13. The van der Waals surface area contributed by atoms with Crippen LogP contribution >= 0.6 is 0 Å². The Hall–Kier alpha value is -12.1. The van der Waals surface area contributed by atoms with E-state index in [1.165, 1.54) is 57.8 Å². The van der Waals surface area contributed by atoms with Crippen molar-refractivity contribution in [2.75, 3.05) is 24.8 Å². The molecule has 1 amide bonds. The van der Waals surface area contributed by atoms with Crippen molar-refractivity contribution in [2.45, 2.75) is 95.2 Å². The lowest BCUT2D eigenvalue weighted by molar-refractivity contribution is -0.384. The third kappa shape index (κ3) is 25.3. The number of amides is 1. The van der Waals surface area contributed by atoms with E-state index in [0.29, 0.717) is 71.1 Å². The Bertz CT molecular complexity index is 4150. The number of anilines is 2. The summed E-state index contributed by atoms with van der Waals surface area (Å²) >= 11 is 0. The van der Waals surface area contributed by atoms with Crippen LogP contribution < -0.4 is 34.3 Å². The van der Waals surface area contributed by atoms with Gasteiger partial charge in [0.1, 0.15) is 55.1 Å². The summed E-state index contributed by atoms with van der Waals surface area (Å²) in [4.78, 5) is 98.9. The summed E-state index contributed by atoms with van der Waals surface area (Å²) in [6, 6.07) is 55.1. The van der Waals surface area contributed by atoms with Crippen LogP contribution in [-0.2, 0) is 44.1 Å². The third-order valence-corrected chi connectivity index (χ3v) is 13.9. The molecule has 0 bridgehead atoms. The first-order valence-corrected chi connectivity index (χ1v) is 30.6. The van der Waals surface area contributed by atoms with Crippen LogP contribution in [0.2, 0.25) is 0 Å². The van der Waals surface area contributed by atoms with Crippen molar-refractivity contribution < 1.29 is 57.4 Å². The van der Waals surface area contributed by atoms with Crippen LogP contribution in [0.1, 0.15) is 139 Å². The topological polar surface area (TPSA) is 280 Å². The molecule has 506 valence electrons. The molecule has 0 radical (unpaired) electrons. The highest BCUT2D eigenvalue weighted by molar-refractivity contribution is 5.97. The molecule has 5 aromatic carbocycles. The number of carbonyl (C=O) groups is 6. The molecule has 10 rings (SSSR count). The molecular weight excluding hydrogens is 1240 g/mol. The largest absolute Gasteiger partial charge is 0.497 e. The Balaban J connectivity index is 0.000000221. The number of hydrogen-bond donors (Lipinski definition) is 2. The van der Waals surface area contributed by atoms with Gasteiger partial charge in [-0.1, -0.05) is 92.4 Å². The van der Waals surface area contributed by atoms with Crippen LogP contribution in [0.25, 0.3) is 0 Å². The molecule has 0 atom stereocenters. The molecule has 0 fully saturated rings. The number of pyridine rings is 5. The fourth-order valence-corrected chi connectivity index (χ4v) is 8.96. The van der Waals surface area contributed by atoms with E-state index in [1.807, 2.05) is 123 Å². The highest BCUT2D eigenvalue weighted by Gasteiger charge is 2.15. The number of aldehydes is 1. The van der Waals surface area contributed by atoms with Crippen molar-refractivity contribution in [1.82, 2.24) is 24.9 Å². The number of ether oxygens (including phenoxy) is 5. The van der Waals surface area contributed by atoms with E-state index in [2.05, 4.69) is 47.7 Å². The van der Waals surface area contributed by atoms with Gasteiger partial charge in [0.05, 0.1) is 46.9 Å². The number of benzene rings is 5. The zero-order valence-corrected chi connectivity index (χ0v) is 55.4. The molecule has 21 heteroatoms. The van der Waals surface area contributed by atoms with Gasteiger partial charge in [-0.3, -0.25) is 48.8 Å². The molecule has 0 spiro atoms. The number of rotatable bonds is 24. The number of aromatic nitrogens is 5. The Kier molecular flexibility index (Phi) is 31.4. The summed E-state index contributed by atoms with van der Waals surface area (Å²) in [6.45, 7) is 12.5. The molecule has 5 heterocycles. The molecule has 10 aromatic rings. The van der Waals surface area contributed by atoms with E-state index < -0.39 is 4.92 Å². The van der Waals surface area contributed by atoms with Crippen LogP contribution in [0.3, 0.4) is 0 Å². The maximum absolute atomic E-state index is 11.5. The average Bonchev–Trinajstić information content (AvgIpc) is 0.974. The van der Waals surface area contributed by atoms with Gasteiger partial charge in [0.2, 0.25) is 11.8 Å². The maximum Gasteiger partial charge on any atom is 0.269 e. The summed E-state index contributed by atoms with van der Waals surface area (Å²) in [5, 5.41) is 16.2. The number of hydrogen-bond acceptors (Lipinski definition) is 19. The van der Waals surface area contributed by atoms with Crippen molar-refractivity contribution in [2.24, 2.45) is 0 Å². The molecule has 0 aliphatic carbocycles. The number of carbonyl (C=O) groups excluding carboxylic acids is 6. The number of ketones is 4. The minimum Gasteiger partial charge on any atom is -0.497 e. The SMILES string of the molecule is C.CC(=O)Nc1cccc(COc2cccnc2C(C)=O)c1.CC(=O)c1ccc(C)nc1CCc1ccccc1.CC(=O)c1ccc(C)nc1OCc1ccccc1.CC(=O)c1ncccc1OCc1ccc([N+](=O)[O-])cc1.CNc1cncc(OCc2ccc(OC)cc2)c1C=O. The van der Waals surface area contributed by atoms with Gasteiger partial charge < -0.3 is 34.3 Å². The highest BCUT2D eigenvalue weighted by Crippen LogP contribution is 2.26. The summed E-state index contributed by atoms with van der Waals surface area (Å²) in [6.07, 6.45) is 8.68. The second kappa shape index (κ2) is 40.2. The first-order chi connectivity index (χ1) is 46.7. The smallest absolute Gasteiger partial charge is 0.269 e. The molecule has 0 aliphatic heterocycles. The van der Waals surface area contributed by atoms with Crippen LogP contribution in [0.4, 0.5) is 17.1 Å². The molecule has 0 unspecified atom stereocenters. The fraction of sp³-hybridized carbons (Fsp3) is 0.208. The number of nitro benzene ring substituents is 1. The van der Waals surface area contributed by atoms with E-state index in [-0.39, 0.29) is 54.5 Å². The molecular formula is C77H80N8O13. The van der Waals surface area contributed by atoms with Crippen molar-refractivity contribution in [3.63, 3.8) is 0 Å². The van der Waals surface area contributed by atoms with Gasteiger partial charge in [-0.05, 0) is 153 Å². The van der Waals surface area contributed by atoms with Gasteiger partial charge in [-0.25, -0.2) is 15.0 Å². The normalized spacial score (nSPS) is 9.97. The lowest BCUT2D eigenvalue weighted by Gasteiger charge is -2.11. The number of nitro groups is 1. The predicted molar refractivity (Wildman–Crippen MR) is 377 cm³/mol. The molecule has 0 aliphatic rings. The lowest BCUT2D eigenvalue weighted by atomic mass is 10.0. The number of aryl methyl sites for hydroxylation is 4. The standard InChI is InChI=1S/C16H16N2O3.C16H17NO.C15H16N2O3.C15H15NO2.C14H12N2O4.CH4/c1-11(19)16-15(7-4-8-17-16)21-10-13-5-3-6-14(9-13)18-12(2)20;1-12-8-10-15(13(2)18)16(17-12)11-9-14-6-4-3-5-7-14;1-16-14-7-17-8-15(13(14)9-18)20-10-11-3-5-12(19-2)6-4-11;1-11-8-9-14(12(2)17)15(16-11)18-10-13-6-4-3-5-7-13;1-10(17)14-13(3-2-8-15-14)20-9-11-4-6-12(7-5-11)16(18)19;/h3-9H,10H2,1-2H3,(H,18,20);3-8,10H,9,11H2,1-2H3;3-9,16H,10H2,1-2H3;3-9H,10H2,1-2H3;2-8H,9H2,1H3;1H4. The van der Waals surface area contributed by atoms with E-state index >= 15 is 0 Å². The first-order valence-electron chi connectivity index (χ1n) is 30.6. The molecule has 0 saturated heterocycles. The molecule has 5 aromatic heterocycles. The van der Waals surface area contributed by atoms with Crippen molar-refractivity contribution >= 4 is 52.4 Å². The summed E-state index contributed by atoms with van der Waals surface area (Å²) in [5.41, 5.74) is 11.4. The molecule has 0 saturated carbocycles. The van der Waals surface area contributed by atoms with E-state index in [9.17, 15) is 38.9 Å². The van der Waals surface area contributed by atoms with Gasteiger partial charge in [0.15, 0.2) is 35.2 Å². The minimum atomic E-state index is -0.459. The van der Waals surface area contributed by atoms with Crippen LogP contribution in [0, 0.1) is 24.0 Å². The Morgan fingerprint density at radius 2 is 1.02 bits per heavy atom. The molecule has 98 heavy (non-hydrogen) atoms. The lowest BCUT2D eigenvalue weighted by Crippen LogP contribution is -2.07. The van der Waals surface area contributed by atoms with Crippen molar-refractivity contribution in [1.29, 1.82) is 0 Å². The second-order valence-electron chi connectivity index (χ2n) is 21.4. The van der Waals surface area contributed by atoms with Crippen LogP contribution in [0.5, 0.6) is 28.9 Å². The highest BCUT2D eigenvalue weighted by atomic mass is 16.6. The summed E-state index contributed by atoms with van der Waals surface area (Å²) in [7, 11) is 3.36. The van der Waals surface area contributed by atoms with E-state index in [0.717, 1.165) is 69.8 Å². The van der Waals surface area contributed by atoms with Gasteiger partial charge in [-0.15, -0.1) is 0 Å². The number of non-ortho nitro benzene ring substituents is 1. The van der Waals surface area contributed by atoms with E-state index in [1.54, 1.807) is 82.0 Å². The fourth-order valence-electron chi connectivity index (χ4n) is 8.96.